The van der Waals surface area contributed by atoms with E-state index < -0.39 is 6.10 Å². The Kier molecular flexibility index (Phi) is 3.72. The minimum atomic E-state index is -0.464. The third-order valence-corrected chi connectivity index (χ3v) is 4.11. The molecule has 0 amide bonds. The number of nitrogens with zero attached hydrogens (tertiary/aromatic N) is 1. The fraction of sp³-hybridized carbons (Fsp3) is 0.118. The zero-order valence-electron chi connectivity index (χ0n) is 11.2. The number of hydrogen-bond acceptors (Lipinski definition) is 3. The van der Waals surface area contributed by atoms with Gasteiger partial charge in [0, 0.05) is 11.1 Å². The molecule has 0 fully saturated rings. The van der Waals surface area contributed by atoms with E-state index in [4.69, 9.17) is 0 Å². The molecule has 0 aliphatic carbocycles. The van der Waals surface area contributed by atoms with Crippen molar-refractivity contribution >= 4 is 22.5 Å². The first kappa shape index (κ1) is 13.2. The molecule has 1 unspecified atom stereocenters. The molecule has 100 valence electrons. The Morgan fingerprint density at radius 2 is 1.80 bits per heavy atom. The Balaban J connectivity index is 1.90. The van der Waals surface area contributed by atoms with E-state index in [0.717, 1.165) is 15.5 Å². The van der Waals surface area contributed by atoms with Crippen LogP contribution in [0.2, 0.25) is 0 Å². The lowest BCUT2D eigenvalue weighted by Gasteiger charge is -2.07. The van der Waals surface area contributed by atoms with Gasteiger partial charge in [-0.05, 0) is 47.5 Å². The Morgan fingerprint density at radius 3 is 2.60 bits per heavy atom. The first-order chi connectivity index (χ1) is 9.72. The molecule has 1 atom stereocenters. The summed E-state index contributed by atoms with van der Waals surface area (Å²) in [6, 6.07) is 18.5. The molecular formula is C17H15NOS. The van der Waals surface area contributed by atoms with Gasteiger partial charge in [0.25, 0.3) is 0 Å². The van der Waals surface area contributed by atoms with E-state index in [2.05, 4.69) is 35.3 Å². The molecule has 1 heterocycles. The normalized spacial score (nSPS) is 12.5. The molecule has 3 rings (SSSR count). The lowest BCUT2D eigenvalue weighted by atomic mass is 10.1. The monoisotopic (exact) mass is 281 g/mol. The SMILES string of the molecule is CC(O)c1ccnc(Sc2ccc3ccccc3c2)c1. The van der Waals surface area contributed by atoms with Gasteiger partial charge in [-0.2, -0.15) is 0 Å². The van der Waals surface area contributed by atoms with Gasteiger partial charge in [-0.25, -0.2) is 4.98 Å². The maximum atomic E-state index is 9.62. The van der Waals surface area contributed by atoms with Crippen molar-refractivity contribution in [2.24, 2.45) is 0 Å². The van der Waals surface area contributed by atoms with E-state index in [1.807, 2.05) is 24.3 Å². The standard InChI is InChI=1S/C17H15NOS/c1-12(19)14-8-9-18-17(11-14)20-16-7-6-13-4-2-3-5-15(13)10-16/h2-12,19H,1H3. The zero-order valence-corrected chi connectivity index (χ0v) is 12.0. The maximum Gasteiger partial charge on any atom is 0.101 e. The number of benzene rings is 2. The third kappa shape index (κ3) is 2.84. The van der Waals surface area contributed by atoms with Gasteiger partial charge in [0.05, 0.1) is 6.10 Å². The van der Waals surface area contributed by atoms with Crippen molar-refractivity contribution in [3.05, 3.63) is 66.4 Å². The summed E-state index contributed by atoms with van der Waals surface area (Å²) in [6.45, 7) is 1.76. The third-order valence-electron chi connectivity index (χ3n) is 3.18. The maximum absolute atomic E-state index is 9.62. The number of hydrogen-bond donors (Lipinski definition) is 1. The van der Waals surface area contributed by atoms with Gasteiger partial charge in [-0.3, -0.25) is 0 Å². The van der Waals surface area contributed by atoms with Gasteiger partial charge in [-0.15, -0.1) is 0 Å². The first-order valence-corrected chi connectivity index (χ1v) is 7.35. The minimum Gasteiger partial charge on any atom is -0.389 e. The van der Waals surface area contributed by atoms with Crippen LogP contribution in [0.15, 0.2) is 70.7 Å². The van der Waals surface area contributed by atoms with E-state index in [1.165, 1.54) is 10.8 Å². The van der Waals surface area contributed by atoms with Crippen molar-refractivity contribution in [3.63, 3.8) is 0 Å². The Morgan fingerprint density at radius 1 is 1.00 bits per heavy atom. The topological polar surface area (TPSA) is 33.1 Å². The lowest BCUT2D eigenvalue weighted by molar-refractivity contribution is 0.199. The smallest absolute Gasteiger partial charge is 0.101 e. The van der Waals surface area contributed by atoms with Crippen LogP contribution in [0.4, 0.5) is 0 Å². The summed E-state index contributed by atoms with van der Waals surface area (Å²) >= 11 is 1.61. The molecule has 2 aromatic carbocycles. The largest absolute Gasteiger partial charge is 0.389 e. The minimum absolute atomic E-state index is 0.464. The Bertz CT molecular complexity index is 740. The predicted octanol–water partition coefficient (Wildman–Crippen LogP) is 4.44. The van der Waals surface area contributed by atoms with E-state index in [-0.39, 0.29) is 0 Å². The Hall–Kier alpha value is -1.84. The summed E-state index contributed by atoms with van der Waals surface area (Å²) in [4.78, 5) is 5.50. The van der Waals surface area contributed by atoms with Crippen LogP contribution >= 0.6 is 11.8 Å². The van der Waals surface area contributed by atoms with Crippen LogP contribution in [-0.2, 0) is 0 Å². The van der Waals surface area contributed by atoms with Gasteiger partial charge < -0.3 is 5.11 Å². The number of pyridine rings is 1. The van der Waals surface area contributed by atoms with Gasteiger partial charge in [0.15, 0.2) is 0 Å². The second-order valence-electron chi connectivity index (χ2n) is 4.71. The molecule has 0 aliphatic heterocycles. The Labute approximate surface area is 122 Å². The molecule has 0 saturated heterocycles. The highest BCUT2D eigenvalue weighted by molar-refractivity contribution is 7.99. The van der Waals surface area contributed by atoms with Crippen molar-refractivity contribution < 1.29 is 5.11 Å². The molecule has 0 aliphatic rings. The van der Waals surface area contributed by atoms with Crippen LogP contribution < -0.4 is 0 Å². The van der Waals surface area contributed by atoms with Crippen molar-refractivity contribution in [3.8, 4) is 0 Å². The fourth-order valence-electron chi connectivity index (χ4n) is 2.09. The second-order valence-corrected chi connectivity index (χ2v) is 5.81. The molecule has 0 radical (unpaired) electrons. The quantitative estimate of drug-likeness (QED) is 0.770. The van der Waals surface area contributed by atoms with Crippen LogP contribution in [0.3, 0.4) is 0 Å². The lowest BCUT2D eigenvalue weighted by Crippen LogP contribution is -1.92. The second kappa shape index (κ2) is 5.65. The van der Waals surface area contributed by atoms with Crippen LogP contribution in [0.1, 0.15) is 18.6 Å². The van der Waals surface area contributed by atoms with Crippen LogP contribution in [0.5, 0.6) is 0 Å². The molecule has 0 saturated carbocycles. The van der Waals surface area contributed by atoms with Crippen LogP contribution in [0.25, 0.3) is 10.8 Å². The van der Waals surface area contributed by atoms with Crippen molar-refractivity contribution in [2.45, 2.75) is 22.9 Å². The first-order valence-electron chi connectivity index (χ1n) is 6.53. The molecule has 2 nitrogen and oxygen atoms in total. The van der Waals surface area contributed by atoms with Crippen LogP contribution in [0, 0.1) is 0 Å². The van der Waals surface area contributed by atoms with E-state index in [9.17, 15) is 5.11 Å². The highest BCUT2D eigenvalue weighted by Crippen LogP contribution is 2.30. The van der Waals surface area contributed by atoms with Crippen LogP contribution in [-0.4, -0.2) is 10.1 Å². The fourth-order valence-corrected chi connectivity index (χ4v) is 2.96. The zero-order chi connectivity index (χ0) is 13.9. The van der Waals surface area contributed by atoms with Crippen molar-refractivity contribution in [1.82, 2.24) is 4.98 Å². The average molecular weight is 281 g/mol. The molecule has 3 heteroatoms. The molecule has 1 N–H and O–H groups in total. The molecular weight excluding hydrogens is 266 g/mol. The molecule has 0 spiro atoms. The summed E-state index contributed by atoms with van der Waals surface area (Å²) < 4.78 is 0. The summed E-state index contributed by atoms with van der Waals surface area (Å²) in [7, 11) is 0. The highest BCUT2D eigenvalue weighted by Gasteiger charge is 2.05. The van der Waals surface area contributed by atoms with Crippen molar-refractivity contribution in [1.29, 1.82) is 0 Å². The molecule has 1 aromatic heterocycles. The van der Waals surface area contributed by atoms with E-state index in [0.29, 0.717) is 0 Å². The number of aromatic nitrogens is 1. The van der Waals surface area contributed by atoms with E-state index in [1.54, 1.807) is 24.9 Å². The highest BCUT2D eigenvalue weighted by atomic mass is 32.2. The van der Waals surface area contributed by atoms with Gasteiger partial charge in [0.1, 0.15) is 5.03 Å². The molecule has 3 aromatic rings. The predicted molar refractivity (Wildman–Crippen MR) is 82.9 cm³/mol. The summed E-state index contributed by atoms with van der Waals surface area (Å²) in [6.07, 6.45) is 1.28. The number of aliphatic hydroxyl groups is 1. The summed E-state index contributed by atoms with van der Waals surface area (Å²) in [5.74, 6) is 0. The number of aliphatic hydroxyl groups excluding tert-OH is 1. The molecule has 20 heavy (non-hydrogen) atoms. The molecule has 0 bridgehead atoms. The summed E-state index contributed by atoms with van der Waals surface area (Å²) in [5, 5.41) is 13.0. The number of rotatable bonds is 3. The van der Waals surface area contributed by atoms with Gasteiger partial charge >= 0.3 is 0 Å². The summed E-state index contributed by atoms with van der Waals surface area (Å²) in [5.41, 5.74) is 0.892. The average Bonchev–Trinajstić information content (AvgIpc) is 2.47. The van der Waals surface area contributed by atoms with Crippen molar-refractivity contribution in [2.75, 3.05) is 0 Å². The number of fused-ring (bicyclic) bond motifs is 1. The van der Waals surface area contributed by atoms with Gasteiger partial charge in [-0.1, -0.05) is 42.1 Å². The van der Waals surface area contributed by atoms with Gasteiger partial charge in [0.2, 0.25) is 0 Å². The van der Waals surface area contributed by atoms with E-state index >= 15 is 0 Å².